The quantitative estimate of drug-likeness (QED) is 0.668. The van der Waals surface area contributed by atoms with Crippen molar-refractivity contribution in [3.63, 3.8) is 0 Å². The smallest absolute Gasteiger partial charge is 0.0576 e. The number of hydrogen-bond donors (Lipinski definition) is 1. The first-order valence-corrected chi connectivity index (χ1v) is 6.76. The highest BCUT2D eigenvalue weighted by atomic mass is 32.2. The van der Waals surface area contributed by atoms with E-state index >= 15 is 0 Å². The molecular weight excluding hydrogens is 180 g/mol. The van der Waals surface area contributed by atoms with Crippen molar-refractivity contribution in [1.82, 2.24) is 0 Å². The van der Waals surface area contributed by atoms with Crippen LogP contribution in [0.3, 0.4) is 0 Å². The maximum absolute atomic E-state index is 9.83. The minimum atomic E-state index is -0.00754. The molecule has 0 amide bonds. The fourth-order valence-corrected chi connectivity index (χ4v) is 3.20. The Morgan fingerprint density at radius 2 is 2.23 bits per heavy atom. The summed E-state index contributed by atoms with van der Waals surface area (Å²) >= 11 is 1.99. The van der Waals surface area contributed by atoms with Gasteiger partial charge in [0.05, 0.1) is 6.10 Å². The van der Waals surface area contributed by atoms with Crippen LogP contribution in [0.25, 0.3) is 0 Å². The zero-order chi connectivity index (χ0) is 9.52. The van der Waals surface area contributed by atoms with Gasteiger partial charge in [-0.3, -0.25) is 0 Å². The first kappa shape index (κ1) is 11.4. The van der Waals surface area contributed by atoms with Crippen molar-refractivity contribution in [3.8, 4) is 0 Å². The fraction of sp³-hybridized carbons (Fsp3) is 1.00. The number of rotatable bonds is 6. The van der Waals surface area contributed by atoms with Gasteiger partial charge in [0.15, 0.2) is 0 Å². The van der Waals surface area contributed by atoms with E-state index in [-0.39, 0.29) is 6.10 Å². The lowest BCUT2D eigenvalue weighted by Crippen LogP contribution is -2.19. The molecular formula is C11H22OS. The van der Waals surface area contributed by atoms with Crippen LogP contribution in [-0.2, 0) is 0 Å². The summed E-state index contributed by atoms with van der Waals surface area (Å²) in [6.07, 6.45) is 7.39. The molecule has 2 unspecified atom stereocenters. The van der Waals surface area contributed by atoms with E-state index in [4.69, 9.17) is 0 Å². The summed E-state index contributed by atoms with van der Waals surface area (Å²) < 4.78 is 0. The third-order valence-electron chi connectivity index (χ3n) is 2.86. The molecule has 1 aliphatic heterocycles. The Bertz CT molecular complexity index is 121. The Hall–Kier alpha value is 0.310. The highest BCUT2D eigenvalue weighted by Crippen LogP contribution is 2.28. The molecule has 0 bridgehead atoms. The first-order valence-electron chi connectivity index (χ1n) is 5.60. The predicted molar refractivity (Wildman–Crippen MR) is 60.2 cm³/mol. The van der Waals surface area contributed by atoms with Gasteiger partial charge in [-0.05, 0) is 30.3 Å². The van der Waals surface area contributed by atoms with Gasteiger partial charge < -0.3 is 5.11 Å². The maximum Gasteiger partial charge on any atom is 0.0576 e. The summed E-state index contributed by atoms with van der Waals surface area (Å²) in [6.45, 7) is 2.23. The highest BCUT2D eigenvalue weighted by molar-refractivity contribution is 7.99. The van der Waals surface area contributed by atoms with Crippen LogP contribution in [0.5, 0.6) is 0 Å². The monoisotopic (exact) mass is 202 g/mol. The third kappa shape index (κ3) is 4.37. The van der Waals surface area contributed by atoms with Crippen LogP contribution < -0.4 is 0 Å². The molecule has 0 aromatic carbocycles. The number of aliphatic hydroxyl groups is 1. The van der Waals surface area contributed by atoms with E-state index in [1.807, 2.05) is 11.8 Å². The van der Waals surface area contributed by atoms with E-state index in [1.54, 1.807) is 0 Å². The van der Waals surface area contributed by atoms with Crippen LogP contribution in [0.1, 0.15) is 45.4 Å². The summed E-state index contributed by atoms with van der Waals surface area (Å²) in [4.78, 5) is 0. The molecule has 0 aliphatic carbocycles. The molecule has 1 saturated heterocycles. The van der Waals surface area contributed by atoms with Gasteiger partial charge in [-0.2, -0.15) is 11.8 Å². The average Bonchev–Trinajstić information content (AvgIpc) is 2.65. The van der Waals surface area contributed by atoms with Crippen LogP contribution in [0, 0.1) is 5.92 Å². The van der Waals surface area contributed by atoms with Gasteiger partial charge >= 0.3 is 0 Å². The van der Waals surface area contributed by atoms with E-state index in [1.165, 1.54) is 43.6 Å². The van der Waals surface area contributed by atoms with Gasteiger partial charge in [0, 0.05) is 0 Å². The van der Waals surface area contributed by atoms with Gasteiger partial charge in [-0.1, -0.05) is 32.6 Å². The lowest BCUT2D eigenvalue weighted by atomic mass is 9.97. The number of unbranched alkanes of at least 4 members (excludes halogenated alkanes) is 3. The predicted octanol–water partition coefficient (Wildman–Crippen LogP) is 3.07. The Morgan fingerprint density at radius 1 is 1.38 bits per heavy atom. The summed E-state index contributed by atoms with van der Waals surface area (Å²) in [6, 6.07) is 0. The molecule has 1 aliphatic rings. The van der Waals surface area contributed by atoms with Crippen molar-refractivity contribution in [3.05, 3.63) is 0 Å². The zero-order valence-corrected chi connectivity index (χ0v) is 9.48. The van der Waals surface area contributed by atoms with Crippen LogP contribution in [0.15, 0.2) is 0 Å². The topological polar surface area (TPSA) is 20.2 Å². The lowest BCUT2D eigenvalue weighted by Gasteiger charge is -2.16. The van der Waals surface area contributed by atoms with Gasteiger partial charge in [-0.15, -0.1) is 0 Å². The Kier molecular flexibility index (Phi) is 5.88. The van der Waals surface area contributed by atoms with E-state index < -0.39 is 0 Å². The van der Waals surface area contributed by atoms with E-state index in [9.17, 15) is 5.11 Å². The molecule has 1 rings (SSSR count). The van der Waals surface area contributed by atoms with Crippen LogP contribution >= 0.6 is 11.8 Å². The van der Waals surface area contributed by atoms with Crippen molar-refractivity contribution in [2.24, 2.45) is 5.92 Å². The second-order valence-electron chi connectivity index (χ2n) is 4.04. The van der Waals surface area contributed by atoms with Gasteiger partial charge in [0.25, 0.3) is 0 Å². The van der Waals surface area contributed by atoms with Crippen LogP contribution in [0.2, 0.25) is 0 Å². The van der Waals surface area contributed by atoms with Crippen LogP contribution in [0.4, 0.5) is 0 Å². The zero-order valence-electron chi connectivity index (χ0n) is 8.67. The van der Waals surface area contributed by atoms with E-state index in [0.717, 1.165) is 6.42 Å². The summed E-state index contributed by atoms with van der Waals surface area (Å²) in [5.74, 6) is 3.05. The minimum absolute atomic E-state index is 0.00754. The van der Waals surface area contributed by atoms with E-state index in [2.05, 4.69) is 6.92 Å². The van der Waals surface area contributed by atoms with Crippen molar-refractivity contribution in [1.29, 1.82) is 0 Å². The standard InChI is InChI=1S/C11H22OS/c1-2-3-4-5-6-11(12)10-7-8-13-9-10/h10-12H,2-9H2,1H3. The normalized spacial score (nSPS) is 24.9. The Labute approximate surface area is 86.3 Å². The van der Waals surface area contributed by atoms with Crippen LogP contribution in [-0.4, -0.2) is 22.7 Å². The molecule has 0 spiro atoms. The Balaban J connectivity index is 1.99. The second kappa shape index (κ2) is 6.72. The molecule has 1 N–H and O–H groups in total. The average molecular weight is 202 g/mol. The Morgan fingerprint density at radius 3 is 2.85 bits per heavy atom. The maximum atomic E-state index is 9.83. The molecule has 0 aromatic heterocycles. The van der Waals surface area contributed by atoms with Crippen molar-refractivity contribution in [2.45, 2.75) is 51.6 Å². The molecule has 13 heavy (non-hydrogen) atoms. The third-order valence-corrected chi connectivity index (χ3v) is 4.05. The van der Waals surface area contributed by atoms with Crippen molar-refractivity contribution < 1.29 is 5.11 Å². The molecule has 0 saturated carbocycles. The number of thioether (sulfide) groups is 1. The van der Waals surface area contributed by atoms with Gasteiger partial charge in [0.2, 0.25) is 0 Å². The van der Waals surface area contributed by atoms with Gasteiger partial charge in [0.1, 0.15) is 0 Å². The van der Waals surface area contributed by atoms with E-state index in [0.29, 0.717) is 5.92 Å². The molecule has 1 heterocycles. The highest BCUT2D eigenvalue weighted by Gasteiger charge is 2.22. The second-order valence-corrected chi connectivity index (χ2v) is 5.19. The molecule has 1 fully saturated rings. The molecule has 0 radical (unpaired) electrons. The number of hydrogen-bond acceptors (Lipinski definition) is 2. The van der Waals surface area contributed by atoms with Crippen molar-refractivity contribution in [2.75, 3.05) is 11.5 Å². The fourth-order valence-electron chi connectivity index (χ4n) is 1.87. The largest absolute Gasteiger partial charge is 0.393 e. The lowest BCUT2D eigenvalue weighted by molar-refractivity contribution is 0.108. The molecule has 0 aromatic rings. The van der Waals surface area contributed by atoms with Gasteiger partial charge in [-0.25, -0.2) is 0 Å². The number of aliphatic hydroxyl groups excluding tert-OH is 1. The summed E-state index contributed by atoms with van der Waals surface area (Å²) in [5, 5.41) is 9.83. The molecule has 78 valence electrons. The SMILES string of the molecule is CCCCCCC(O)C1CCSC1. The first-order chi connectivity index (χ1) is 6.34. The molecule has 2 atom stereocenters. The molecule has 2 heteroatoms. The summed E-state index contributed by atoms with van der Waals surface area (Å²) in [5.41, 5.74) is 0. The van der Waals surface area contributed by atoms with Crippen molar-refractivity contribution >= 4 is 11.8 Å². The minimum Gasteiger partial charge on any atom is -0.393 e. The molecule has 1 nitrogen and oxygen atoms in total. The summed E-state index contributed by atoms with van der Waals surface area (Å²) in [7, 11) is 0.